The average molecular weight is 204 g/mol. The number of hydrogen-bond donors (Lipinski definition) is 1. The molecule has 0 aromatic heterocycles. The van der Waals surface area contributed by atoms with E-state index >= 15 is 0 Å². The molecule has 1 N–H and O–H groups in total. The third-order valence-electron chi connectivity index (χ3n) is 3.75. The van der Waals surface area contributed by atoms with Gasteiger partial charge in [-0.05, 0) is 55.7 Å². The van der Waals surface area contributed by atoms with Crippen molar-refractivity contribution in [1.29, 1.82) is 0 Å². The molecule has 1 aliphatic rings. The number of benzene rings is 1. The van der Waals surface area contributed by atoms with Crippen LogP contribution in [0.1, 0.15) is 36.0 Å². The van der Waals surface area contributed by atoms with Gasteiger partial charge in [0, 0.05) is 0 Å². The van der Waals surface area contributed by atoms with E-state index in [0.717, 1.165) is 6.42 Å². The molecule has 15 heavy (non-hydrogen) atoms. The largest absolute Gasteiger partial charge is 0.392 e. The van der Waals surface area contributed by atoms with Gasteiger partial charge in [0.1, 0.15) is 0 Å². The van der Waals surface area contributed by atoms with Crippen LogP contribution in [0.5, 0.6) is 0 Å². The van der Waals surface area contributed by atoms with Crippen LogP contribution in [0.15, 0.2) is 18.2 Å². The van der Waals surface area contributed by atoms with Gasteiger partial charge in [-0.2, -0.15) is 0 Å². The van der Waals surface area contributed by atoms with Crippen LogP contribution in [0.3, 0.4) is 0 Å². The molecule has 1 atom stereocenters. The lowest BCUT2D eigenvalue weighted by Gasteiger charge is -2.31. The van der Waals surface area contributed by atoms with Gasteiger partial charge in [0.25, 0.3) is 0 Å². The highest BCUT2D eigenvalue weighted by Gasteiger charge is 2.26. The molecule has 1 heteroatoms. The molecule has 0 radical (unpaired) electrons. The molecule has 1 aromatic rings. The van der Waals surface area contributed by atoms with E-state index in [4.69, 9.17) is 0 Å². The highest BCUT2D eigenvalue weighted by Crippen LogP contribution is 2.31. The predicted octanol–water partition coefficient (Wildman–Crippen LogP) is 3.01. The molecule has 0 bridgehead atoms. The Morgan fingerprint density at radius 1 is 1.27 bits per heavy atom. The minimum Gasteiger partial charge on any atom is -0.392 e. The average Bonchev–Trinajstić information content (AvgIpc) is 2.08. The lowest BCUT2D eigenvalue weighted by Crippen LogP contribution is -2.28. The first-order valence-corrected chi connectivity index (χ1v) is 5.91. The summed E-state index contributed by atoms with van der Waals surface area (Å²) in [6.45, 7) is 4.27. The SMILES string of the molecule is Cc1cccc(C)c1CC(O)C1CCC1. The van der Waals surface area contributed by atoms with Gasteiger partial charge in [-0.1, -0.05) is 24.6 Å². The topological polar surface area (TPSA) is 20.2 Å². The predicted molar refractivity (Wildman–Crippen MR) is 63.0 cm³/mol. The molecule has 0 aliphatic heterocycles. The van der Waals surface area contributed by atoms with Crippen molar-refractivity contribution < 1.29 is 5.11 Å². The summed E-state index contributed by atoms with van der Waals surface area (Å²) >= 11 is 0. The van der Waals surface area contributed by atoms with Crippen molar-refractivity contribution in [3.63, 3.8) is 0 Å². The first-order chi connectivity index (χ1) is 7.18. The molecular weight excluding hydrogens is 184 g/mol. The van der Waals surface area contributed by atoms with Crippen molar-refractivity contribution in [3.8, 4) is 0 Å². The van der Waals surface area contributed by atoms with Gasteiger partial charge in [-0.15, -0.1) is 0 Å². The first-order valence-electron chi connectivity index (χ1n) is 5.91. The van der Waals surface area contributed by atoms with E-state index in [-0.39, 0.29) is 6.10 Å². The maximum Gasteiger partial charge on any atom is 0.0608 e. The Morgan fingerprint density at radius 3 is 2.33 bits per heavy atom. The Bertz CT molecular complexity index is 319. The van der Waals surface area contributed by atoms with Crippen LogP contribution in [0.25, 0.3) is 0 Å². The molecule has 0 saturated heterocycles. The quantitative estimate of drug-likeness (QED) is 0.802. The van der Waals surface area contributed by atoms with Crippen LogP contribution in [-0.2, 0) is 6.42 Å². The normalized spacial score (nSPS) is 18.6. The minimum atomic E-state index is -0.126. The Balaban J connectivity index is 2.09. The van der Waals surface area contributed by atoms with Crippen LogP contribution < -0.4 is 0 Å². The highest BCUT2D eigenvalue weighted by molar-refractivity contribution is 5.34. The highest BCUT2D eigenvalue weighted by atomic mass is 16.3. The molecule has 2 rings (SSSR count). The number of rotatable bonds is 3. The maximum absolute atomic E-state index is 10.1. The second-order valence-corrected chi connectivity index (χ2v) is 4.83. The molecule has 0 heterocycles. The second kappa shape index (κ2) is 4.36. The molecule has 1 nitrogen and oxygen atoms in total. The molecular formula is C14H20O. The number of aliphatic hydroxyl groups excluding tert-OH is 1. The monoisotopic (exact) mass is 204 g/mol. The second-order valence-electron chi connectivity index (χ2n) is 4.83. The van der Waals surface area contributed by atoms with Crippen molar-refractivity contribution in [2.75, 3.05) is 0 Å². The molecule has 1 saturated carbocycles. The summed E-state index contributed by atoms with van der Waals surface area (Å²) in [5, 5.41) is 10.1. The van der Waals surface area contributed by atoms with Crippen molar-refractivity contribution in [2.24, 2.45) is 5.92 Å². The van der Waals surface area contributed by atoms with Gasteiger partial charge in [0.15, 0.2) is 0 Å². The molecule has 82 valence electrons. The summed E-state index contributed by atoms with van der Waals surface area (Å²) in [5.74, 6) is 0.559. The lowest BCUT2D eigenvalue weighted by atomic mass is 9.78. The van der Waals surface area contributed by atoms with Crippen LogP contribution in [0, 0.1) is 19.8 Å². The van der Waals surface area contributed by atoms with E-state index in [2.05, 4.69) is 32.0 Å². The summed E-state index contributed by atoms with van der Waals surface area (Å²) in [4.78, 5) is 0. The minimum absolute atomic E-state index is 0.126. The van der Waals surface area contributed by atoms with Crippen molar-refractivity contribution >= 4 is 0 Å². The van der Waals surface area contributed by atoms with E-state index in [1.165, 1.54) is 36.0 Å². The van der Waals surface area contributed by atoms with Gasteiger partial charge in [0.2, 0.25) is 0 Å². The van der Waals surface area contributed by atoms with Crippen LogP contribution in [-0.4, -0.2) is 11.2 Å². The van der Waals surface area contributed by atoms with Crippen molar-refractivity contribution in [3.05, 3.63) is 34.9 Å². The van der Waals surface area contributed by atoms with E-state index < -0.39 is 0 Å². The fourth-order valence-corrected chi connectivity index (χ4v) is 2.37. The van der Waals surface area contributed by atoms with E-state index in [1.54, 1.807) is 0 Å². The first kappa shape index (κ1) is 10.7. The van der Waals surface area contributed by atoms with Crippen LogP contribution in [0.2, 0.25) is 0 Å². The number of hydrogen-bond acceptors (Lipinski definition) is 1. The summed E-state index contributed by atoms with van der Waals surface area (Å²) in [6.07, 6.45) is 4.44. The van der Waals surface area contributed by atoms with Crippen LogP contribution >= 0.6 is 0 Å². The molecule has 0 amide bonds. The fraction of sp³-hybridized carbons (Fsp3) is 0.571. The van der Waals surface area contributed by atoms with Crippen molar-refractivity contribution in [1.82, 2.24) is 0 Å². The van der Waals surface area contributed by atoms with Gasteiger partial charge < -0.3 is 5.11 Å². The molecule has 0 spiro atoms. The Labute approximate surface area is 92.1 Å². The maximum atomic E-state index is 10.1. The molecule has 1 fully saturated rings. The summed E-state index contributed by atoms with van der Waals surface area (Å²) in [7, 11) is 0. The van der Waals surface area contributed by atoms with Gasteiger partial charge >= 0.3 is 0 Å². The third kappa shape index (κ3) is 2.23. The third-order valence-corrected chi connectivity index (χ3v) is 3.75. The summed E-state index contributed by atoms with van der Waals surface area (Å²) in [5.41, 5.74) is 3.97. The van der Waals surface area contributed by atoms with Crippen molar-refractivity contribution in [2.45, 2.75) is 45.6 Å². The fourth-order valence-electron chi connectivity index (χ4n) is 2.37. The lowest BCUT2D eigenvalue weighted by molar-refractivity contribution is 0.0628. The van der Waals surface area contributed by atoms with E-state index in [1.807, 2.05) is 0 Å². The van der Waals surface area contributed by atoms with Gasteiger partial charge in [0.05, 0.1) is 6.10 Å². The summed E-state index contributed by atoms with van der Waals surface area (Å²) in [6, 6.07) is 6.36. The molecule has 1 aliphatic carbocycles. The Kier molecular flexibility index (Phi) is 3.11. The van der Waals surface area contributed by atoms with E-state index in [9.17, 15) is 5.11 Å². The Morgan fingerprint density at radius 2 is 1.87 bits per heavy atom. The molecule has 1 unspecified atom stereocenters. The van der Waals surface area contributed by atoms with Gasteiger partial charge in [-0.3, -0.25) is 0 Å². The standard InChI is InChI=1S/C14H20O/c1-10-5-3-6-11(2)13(10)9-14(15)12-7-4-8-12/h3,5-6,12,14-15H,4,7-9H2,1-2H3. The molecule has 1 aromatic carbocycles. The number of aryl methyl sites for hydroxylation is 2. The Hall–Kier alpha value is -0.820. The van der Waals surface area contributed by atoms with Gasteiger partial charge in [-0.25, -0.2) is 0 Å². The number of aliphatic hydroxyl groups is 1. The summed E-state index contributed by atoms with van der Waals surface area (Å²) < 4.78 is 0. The zero-order chi connectivity index (χ0) is 10.8. The zero-order valence-corrected chi connectivity index (χ0v) is 9.66. The van der Waals surface area contributed by atoms with Crippen LogP contribution in [0.4, 0.5) is 0 Å². The van der Waals surface area contributed by atoms with E-state index in [0.29, 0.717) is 5.92 Å². The zero-order valence-electron chi connectivity index (χ0n) is 9.66. The smallest absolute Gasteiger partial charge is 0.0608 e.